The van der Waals surface area contributed by atoms with Gasteiger partial charge in [-0.1, -0.05) is 0 Å². The summed E-state index contributed by atoms with van der Waals surface area (Å²) in [6.45, 7) is 6.76. The van der Waals surface area contributed by atoms with Crippen LogP contribution in [-0.2, 0) is 4.74 Å². The normalized spacial score (nSPS) is 10.9. The number of carbonyl (C=O) groups is 1. The first-order chi connectivity index (χ1) is 8.87. The summed E-state index contributed by atoms with van der Waals surface area (Å²) >= 11 is 3.27. The molecule has 0 unspecified atom stereocenters. The predicted molar refractivity (Wildman–Crippen MR) is 77.1 cm³/mol. The van der Waals surface area contributed by atoms with E-state index in [0.29, 0.717) is 13.1 Å². The number of aromatic nitrogens is 2. The van der Waals surface area contributed by atoms with E-state index in [1.54, 1.807) is 6.07 Å². The number of amides is 1. The number of hydrogen-bond donors (Lipinski definition) is 2. The molecular formula is C12H19BrN4O2. The maximum Gasteiger partial charge on any atom is 0.407 e. The van der Waals surface area contributed by atoms with Crippen LogP contribution in [0, 0.1) is 0 Å². The van der Waals surface area contributed by atoms with Crippen LogP contribution in [-0.4, -0.2) is 34.8 Å². The minimum Gasteiger partial charge on any atom is -0.444 e. The Kier molecular flexibility index (Phi) is 6.01. The van der Waals surface area contributed by atoms with Crippen LogP contribution in [0.2, 0.25) is 0 Å². The van der Waals surface area contributed by atoms with Crippen LogP contribution in [0.15, 0.2) is 17.0 Å². The summed E-state index contributed by atoms with van der Waals surface area (Å²) < 4.78 is 5.85. The molecule has 0 spiro atoms. The number of anilines is 1. The van der Waals surface area contributed by atoms with Gasteiger partial charge in [-0.25, -0.2) is 14.8 Å². The van der Waals surface area contributed by atoms with Crippen LogP contribution in [0.1, 0.15) is 27.2 Å². The highest BCUT2D eigenvalue weighted by molar-refractivity contribution is 9.10. The molecule has 1 rings (SSSR count). The molecule has 0 radical (unpaired) electrons. The quantitative estimate of drug-likeness (QED) is 0.641. The van der Waals surface area contributed by atoms with Gasteiger partial charge in [-0.15, -0.1) is 0 Å². The smallest absolute Gasteiger partial charge is 0.407 e. The zero-order valence-corrected chi connectivity index (χ0v) is 13.0. The fourth-order valence-electron chi connectivity index (χ4n) is 1.24. The van der Waals surface area contributed by atoms with Crippen molar-refractivity contribution in [3.63, 3.8) is 0 Å². The first kappa shape index (κ1) is 15.7. The average Bonchev–Trinajstić information content (AvgIpc) is 2.26. The fraction of sp³-hybridized carbons (Fsp3) is 0.583. The molecule has 106 valence electrons. The second kappa shape index (κ2) is 7.28. The maximum absolute atomic E-state index is 11.4. The lowest BCUT2D eigenvalue weighted by molar-refractivity contribution is 0.0528. The van der Waals surface area contributed by atoms with Gasteiger partial charge < -0.3 is 15.4 Å². The van der Waals surface area contributed by atoms with Crippen molar-refractivity contribution in [2.75, 3.05) is 18.4 Å². The molecule has 1 aromatic heterocycles. The van der Waals surface area contributed by atoms with Gasteiger partial charge >= 0.3 is 6.09 Å². The van der Waals surface area contributed by atoms with Crippen molar-refractivity contribution in [1.82, 2.24) is 15.3 Å². The third-order valence-electron chi connectivity index (χ3n) is 1.96. The maximum atomic E-state index is 11.4. The van der Waals surface area contributed by atoms with Crippen LogP contribution in [0.5, 0.6) is 0 Å². The van der Waals surface area contributed by atoms with E-state index in [1.807, 2.05) is 20.8 Å². The van der Waals surface area contributed by atoms with Crippen molar-refractivity contribution in [3.05, 3.63) is 17.0 Å². The van der Waals surface area contributed by atoms with Gasteiger partial charge in [0.25, 0.3) is 0 Å². The second-order valence-corrected chi connectivity index (χ2v) is 5.75. The topological polar surface area (TPSA) is 76.1 Å². The van der Waals surface area contributed by atoms with Crippen molar-refractivity contribution in [1.29, 1.82) is 0 Å². The summed E-state index contributed by atoms with van der Waals surface area (Å²) in [5, 5.41) is 5.83. The molecule has 0 saturated heterocycles. The van der Waals surface area contributed by atoms with Gasteiger partial charge in [0.2, 0.25) is 0 Å². The van der Waals surface area contributed by atoms with E-state index in [9.17, 15) is 4.79 Å². The number of alkyl carbamates (subject to hydrolysis) is 1. The highest BCUT2D eigenvalue weighted by Crippen LogP contribution is 2.09. The molecule has 1 aromatic rings. The third kappa shape index (κ3) is 7.61. The average molecular weight is 331 g/mol. The van der Waals surface area contributed by atoms with Crippen LogP contribution < -0.4 is 10.6 Å². The number of rotatable bonds is 5. The Hall–Kier alpha value is -1.37. The lowest BCUT2D eigenvalue weighted by atomic mass is 10.2. The van der Waals surface area contributed by atoms with Gasteiger partial charge in [0.1, 0.15) is 22.3 Å². The molecule has 7 heteroatoms. The number of hydrogen-bond acceptors (Lipinski definition) is 5. The van der Waals surface area contributed by atoms with E-state index in [1.165, 1.54) is 6.33 Å². The van der Waals surface area contributed by atoms with Gasteiger partial charge in [-0.05, 0) is 43.1 Å². The van der Waals surface area contributed by atoms with E-state index in [4.69, 9.17) is 4.74 Å². The lowest BCUT2D eigenvalue weighted by Gasteiger charge is -2.19. The predicted octanol–water partition coefficient (Wildman–Crippen LogP) is 2.57. The number of nitrogens with one attached hydrogen (secondary N) is 2. The highest BCUT2D eigenvalue weighted by atomic mass is 79.9. The number of carbonyl (C=O) groups excluding carboxylic acids is 1. The SMILES string of the molecule is CC(C)(C)OC(=O)NCCCNc1cc(Br)ncn1. The molecule has 0 bridgehead atoms. The Labute approximate surface area is 121 Å². The molecule has 1 amide bonds. The molecule has 2 N–H and O–H groups in total. The number of ether oxygens (including phenoxy) is 1. The van der Waals surface area contributed by atoms with Gasteiger partial charge in [0.05, 0.1) is 0 Å². The monoisotopic (exact) mass is 330 g/mol. The van der Waals surface area contributed by atoms with Crippen LogP contribution in [0.3, 0.4) is 0 Å². The molecule has 6 nitrogen and oxygen atoms in total. The highest BCUT2D eigenvalue weighted by Gasteiger charge is 2.15. The van der Waals surface area contributed by atoms with Crippen molar-refractivity contribution in [2.24, 2.45) is 0 Å². The minimum atomic E-state index is -0.463. The largest absolute Gasteiger partial charge is 0.444 e. The molecular weight excluding hydrogens is 312 g/mol. The zero-order valence-electron chi connectivity index (χ0n) is 11.4. The van der Waals surface area contributed by atoms with Crippen molar-refractivity contribution >= 4 is 27.8 Å². The Morgan fingerprint density at radius 2 is 2.11 bits per heavy atom. The van der Waals surface area contributed by atoms with Gasteiger partial charge in [-0.3, -0.25) is 0 Å². The van der Waals surface area contributed by atoms with E-state index in [2.05, 4.69) is 36.5 Å². The van der Waals surface area contributed by atoms with Crippen molar-refractivity contribution < 1.29 is 9.53 Å². The Morgan fingerprint density at radius 3 is 2.74 bits per heavy atom. The van der Waals surface area contributed by atoms with Gasteiger partial charge in [0.15, 0.2) is 0 Å². The van der Waals surface area contributed by atoms with Gasteiger partial charge in [-0.2, -0.15) is 0 Å². The molecule has 19 heavy (non-hydrogen) atoms. The summed E-state index contributed by atoms with van der Waals surface area (Å²) in [5.74, 6) is 0.749. The van der Waals surface area contributed by atoms with Crippen molar-refractivity contribution in [3.8, 4) is 0 Å². The Bertz CT molecular complexity index is 420. The second-order valence-electron chi connectivity index (χ2n) is 4.93. The number of halogens is 1. The molecule has 0 atom stereocenters. The standard InChI is InChI=1S/C12H19BrN4O2/c1-12(2,3)19-11(18)15-6-4-5-14-10-7-9(13)16-8-17-10/h7-8H,4-6H2,1-3H3,(H,15,18)(H,14,16,17). The van der Waals surface area contributed by atoms with E-state index in [-0.39, 0.29) is 0 Å². The third-order valence-corrected chi connectivity index (χ3v) is 2.40. The molecule has 0 aliphatic rings. The first-order valence-electron chi connectivity index (χ1n) is 6.05. The molecule has 0 aliphatic carbocycles. The molecule has 0 aliphatic heterocycles. The van der Waals surface area contributed by atoms with E-state index < -0.39 is 11.7 Å². The van der Waals surface area contributed by atoms with E-state index in [0.717, 1.165) is 16.8 Å². The summed E-state index contributed by atoms with van der Waals surface area (Å²) in [6, 6.07) is 1.79. The summed E-state index contributed by atoms with van der Waals surface area (Å²) in [6.07, 6.45) is 1.86. The summed E-state index contributed by atoms with van der Waals surface area (Å²) in [5.41, 5.74) is -0.463. The first-order valence-corrected chi connectivity index (χ1v) is 6.84. The molecule has 0 saturated carbocycles. The summed E-state index contributed by atoms with van der Waals surface area (Å²) in [7, 11) is 0. The van der Waals surface area contributed by atoms with Crippen LogP contribution in [0.25, 0.3) is 0 Å². The van der Waals surface area contributed by atoms with Crippen molar-refractivity contribution in [2.45, 2.75) is 32.8 Å². The molecule has 0 aromatic carbocycles. The number of nitrogens with zero attached hydrogens (tertiary/aromatic N) is 2. The minimum absolute atomic E-state index is 0.391. The Morgan fingerprint density at radius 1 is 1.37 bits per heavy atom. The lowest BCUT2D eigenvalue weighted by Crippen LogP contribution is -2.33. The van der Waals surface area contributed by atoms with E-state index >= 15 is 0 Å². The summed E-state index contributed by atoms with van der Waals surface area (Å²) in [4.78, 5) is 19.3. The zero-order chi connectivity index (χ0) is 14.3. The van der Waals surface area contributed by atoms with Crippen LogP contribution in [0.4, 0.5) is 10.6 Å². The fourth-order valence-corrected chi connectivity index (χ4v) is 1.55. The van der Waals surface area contributed by atoms with Crippen LogP contribution >= 0.6 is 15.9 Å². The van der Waals surface area contributed by atoms with Gasteiger partial charge in [0, 0.05) is 19.2 Å². The molecule has 1 heterocycles. The molecule has 0 fully saturated rings. The Balaban J connectivity index is 2.13.